The number of hydrogen-bond donors (Lipinski definition) is 3. The summed E-state index contributed by atoms with van der Waals surface area (Å²) in [5.74, 6) is 0.664. The average molecular weight is 198 g/mol. The maximum absolute atomic E-state index is 11.5. The van der Waals surface area contributed by atoms with Gasteiger partial charge in [0.05, 0.1) is 0 Å². The minimum Gasteiger partial charge on any atom is -0.357 e. The molecule has 0 saturated heterocycles. The smallest absolute Gasteiger partial charge is 0.244 e. The summed E-state index contributed by atoms with van der Waals surface area (Å²) >= 11 is 0. The number of carbonyl (C=O) groups is 1. The van der Waals surface area contributed by atoms with Crippen molar-refractivity contribution in [1.29, 1.82) is 0 Å². The lowest BCUT2D eigenvalue weighted by Crippen LogP contribution is -2.57. The summed E-state index contributed by atoms with van der Waals surface area (Å²) in [6.45, 7) is 5.38. The van der Waals surface area contributed by atoms with Gasteiger partial charge in [0, 0.05) is 20.1 Å². The fourth-order valence-corrected chi connectivity index (χ4v) is 1.28. The number of hydrogen-bond acceptors (Lipinski definition) is 4. The highest BCUT2D eigenvalue weighted by Crippen LogP contribution is 2.02. The van der Waals surface area contributed by atoms with E-state index in [1.54, 1.807) is 7.05 Å². The highest BCUT2D eigenvalue weighted by atomic mass is 16.2. The summed E-state index contributed by atoms with van der Waals surface area (Å²) in [5, 5.41) is 8.80. The molecule has 1 heterocycles. The number of amides is 1. The Balaban J connectivity index is 2.57. The van der Waals surface area contributed by atoms with Gasteiger partial charge in [-0.2, -0.15) is 0 Å². The number of likely N-dealkylation sites (N-methyl/N-ethyl adjacent to an activating group) is 1. The summed E-state index contributed by atoms with van der Waals surface area (Å²) in [6, 6.07) is 0. The van der Waals surface area contributed by atoms with E-state index in [2.05, 4.69) is 20.9 Å². The zero-order valence-corrected chi connectivity index (χ0v) is 8.98. The molecule has 1 aliphatic heterocycles. The number of rotatable bonds is 2. The molecule has 3 N–H and O–H groups in total. The van der Waals surface area contributed by atoms with Crippen LogP contribution in [0.5, 0.6) is 0 Å². The van der Waals surface area contributed by atoms with Crippen molar-refractivity contribution in [2.45, 2.75) is 25.8 Å². The van der Waals surface area contributed by atoms with Gasteiger partial charge in [0.25, 0.3) is 0 Å². The second-order valence-corrected chi connectivity index (χ2v) is 3.84. The van der Waals surface area contributed by atoms with Gasteiger partial charge < -0.3 is 16.0 Å². The van der Waals surface area contributed by atoms with Crippen LogP contribution < -0.4 is 16.0 Å². The van der Waals surface area contributed by atoms with Crippen molar-refractivity contribution in [3.05, 3.63) is 0 Å². The summed E-state index contributed by atoms with van der Waals surface area (Å²) < 4.78 is 0. The first-order valence-corrected chi connectivity index (χ1v) is 4.85. The molecule has 0 radical (unpaired) electrons. The average Bonchev–Trinajstić information content (AvgIpc) is 2.17. The Morgan fingerprint density at radius 3 is 2.79 bits per heavy atom. The minimum absolute atomic E-state index is 0.0485. The van der Waals surface area contributed by atoms with Crippen LogP contribution in [0.25, 0.3) is 0 Å². The second kappa shape index (κ2) is 4.30. The number of nitrogens with zero attached hydrogens (tertiary/aromatic N) is 1. The Morgan fingerprint density at radius 1 is 1.57 bits per heavy atom. The molecule has 0 aromatic heterocycles. The monoisotopic (exact) mass is 198 g/mol. The van der Waals surface area contributed by atoms with Crippen molar-refractivity contribution in [2.75, 3.05) is 20.1 Å². The molecule has 0 atom stereocenters. The van der Waals surface area contributed by atoms with Gasteiger partial charge in [-0.3, -0.25) is 9.79 Å². The molecule has 0 aliphatic carbocycles. The Bertz CT molecular complexity index is 247. The Morgan fingerprint density at radius 2 is 2.29 bits per heavy atom. The van der Waals surface area contributed by atoms with Crippen LogP contribution in [-0.4, -0.2) is 37.5 Å². The van der Waals surface area contributed by atoms with Gasteiger partial charge in [-0.1, -0.05) is 0 Å². The molecular formula is C9H18N4O. The summed E-state index contributed by atoms with van der Waals surface area (Å²) in [6.07, 6.45) is 1.05. The maximum atomic E-state index is 11.5. The highest BCUT2D eigenvalue weighted by molar-refractivity contribution is 5.91. The quantitative estimate of drug-likeness (QED) is 0.558. The van der Waals surface area contributed by atoms with E-state index in [0.717, 1.165) is 19.5 Å². The lowest BCUT2D eigenvalue weighted by molar-refractivity contribution is -0.125. The molecule has 14 heavy (non-hydrogen) atoms. The molecule has 1 rings (SSSR count). The van der Waals surface area contributed by atoms with Gasteiger partial charge in [0.2, 0.25) is 5.91 Å². The molecule has 0 unspecified atom stereocenters. The summed E-state index contributed by atoms with van der Waals surface area (Å²) in [4.78, 5) is 15.7. The van der Waals surface area contributed by atoms with Crippen molar-refractivity contribution in [1.82, 2.24) is 16.0 Å². The van der Waals surface area contributed by atoms with Crippen LogP contribution in [0, 0.1) is 0 Å². The largest absolute Gasteiger partial charge is 0.357 e. The molecule has 1 amide bonds. The van der Waals surface area contributed by atoms with E-state index in [4.69, 9.17) is 0 Å². The summed E-state index contributed by atoms with van der Waals surface area (Å²) in [5.41, 5.74) is -0.627. The van der Waals surface area contributed by atoms with E-state index in [-0.39, 0.29) is 5.91 Å². The first kappa shape index (κ1) is 10.8. The predicted molar refractivity (Wildman–Crippen MR) is 56.2 cm³/mol. The van der Waals surface area contributed by atoms with Crippen molar-refractivity contribution in [2.24, 2.45) is 4.99 Å². The Labute approximate surface area is 84.4 Å². The van der Waals surface area contributed by atoms with Crippen LogP contribution in [0.1, 0.15) is 20.3 Å². The number of nitrogens with one attached hydrogen (secondary N) is 3. The van der Waals surface area contributed by atoms with E-state index >= 15 is 0 Å². The third kappa shape index (κ3) is 2.61. The molecule has 0 fully saturated rings. The molecule has 80 valence electrons. The molecular weight excluding hydrogens is 180 g/mol. The van der Waals surface area contributed by atoms with Crippen LogP contribution in [0.2, 0.25) is 0 Å². The van der Waals surface area contributed by atoms with Crippen molar-refractivity contribution in [3.63, 3.8) is 0 Å². The van der Waals surface area contributed by atoms with Gasteiger partial charge in [-0.15, -0.1) is 0 Å². The number of aliphatic imine (C=N–C) groups is 1. The standard InChI is InChI=1S/C9H18N4O/c1-9(2,7(14)10-3)13-8-11-5-4-6-12-8/h4-6H2,1-3H3,(H,10,14)(H2,11,12,13). The van der Waals surface area contributed by atoms with Gasteiger partial charge in [-0.05, 0) is 20.3 Å². The zero-order chi connectivity index (χ0) is 10.6. The third-order valence-electron chi connectivity index (χ3n) is 2.12. The lowest BCUT2D eigenvalue weighted by Gasteiger charge is -2.27. The fourth-order valence-electron chi connectivity index (χ4n) is 1.28. The summed E-state index contributed by atoms with van der Waals surface area (Å²) in [7, 11) is 1.63. The van der Waals surface area contributed by atoms with E-state index in [0.29, 0.717) is 5.96 Å². The number of carbonyl (C=O) groups excluding carboxylic acids is 1. The molecule has 0 aromatic rings. The van der Waals surface area contributed by atoms with Gasteiger partial charge in [0.15, 0.2) is 5.96 Å². The molecule has 0 spiro atoms. The Hall–Kier alpha value is -1.26. The Kier molecular flexibility index (Phi) is 3.33. The maximum Gasteiger partial charge on any atom is 0.244 e. The molecule has 5 heteroatoms. The predicted octanol–water partition coefficient (Wildman–Crippen LogP) is -0.550. The minimum atomic E-state index is -0.627. The van der Waals surface area contributed by atoms with E-state index in [1.165, 1.54) is 0 Å². The SMILES string of the molecule is CNC(=O)C(C)(C)NC1=NCCCN1. The van der Waals surface area contributed by atoms with Crippen LogP contribution >= 0.6 is 0 Å². The molecule has 1 aliphatic rings. The van der Waals surface area contributed by atoms with E-state index < -0.39 is 5.54 Å². The number of guanidine groups is 1. The topological polar surface area (TPSA) is 65.5 Å². The highest BCUT2D eigenvalue weighted by Gasteiger charge is 2.27. The first-order chi connectivity index (χ1) is 6.56. The van der Waals surface area contributed by atoms with Gasteiger partial charge in [-0.25, -0.2) is 0 Å². The molecule has 0 bridgehead atoms. The van der Waals surface area contributed by atoms with Crippen molar-refractivity contribution < 1.29 is 4.79 Å². The molecule has 5 nitrogen and oxygen atoms in total. The molecule has 0 saturated carbocycles. The third-order valence-corrected chi connectivity index (χ3v) is 2.12. The van der Waals surface area contributed by atoms with Crippen molar-refractivity contribution in [3.8, 4) is 0 Å². The van der Waals surface area contributed by atoms with Gasteiger partial charge >= 0.3 is 0 Å². The van der Waals surface area contributed by atoms with E-state index in [9.17, 15) is 4.79 Å². The van der Waals surface area contributed by atoms with Gasteiger partial charge in [0.1, 0.15) is 5.54 Å². The van der Waals surface area contributed by atoms with Crippen molar-refractivity contribution >= 4 is 11.9 Å². The first-order valence-electron chi connectivity index (χ1n) is 4.85. The second-order valence-electron chi connectivity index (χ2n) is 3.84. The fraction of sp³-hybridized carbons (Fsp3) is 0.778. The zero-order valence-electron chi connectivity index (χ0n) is 8.98. The van der Waals surface area contributed by atoms with E-state index in [1.807, 2.05) is 13.8 Å². The normalized spacial score (nSPS) is 16.6. The molecule has 0 aromatic carbocycles. The van der Waals surface area contributed by atoms with Crippen LogP contribution in [0.3, 0.4) is 0 Å². The van der Waals surface area contributed by atoms with Crippen LogP contribution in [0.4, 0.5) is 0 Å². The lowest BCUT2D eigenvalue weighted by atomic mass is 10.1. The van der Waals surface area contributed by atoms with Crippen LogP contribution in [0.15, 0.2) is 4.99 Å². The van der Waals surface area contributed by atoms with Crippen LogP contribution in [-0.2, 0) is 4.79 Å².